The Morgan fingerprint density at radius 1 is 1.25 bits per heavy atom. The number of nitriles is 1. The van der Waals surface area contributed by atoms with Crippen LogP contribution in [0, 0.1) is 18.3 Å². The fourth-order valence-electron chi connectivity index (χ4n) is 1.96. The van der Waals surface area contributed by atoms with Crippen LogP contribution >= 0.6 is 0 Å². The molecule has 124 valence electrons. The van der Waals surface area contributed by atoms with Gasteiger partial charge in [-0.2, -0.15) is 5.26 Å². The Balaban J connectivity index is 1.86. The van der Waals surface area contributed by atoms with Crippen molar-refractivity contribution >= 4 is 17.5 Å². The third kappa shape index (κ3) is 4.88. The van der Waals surface area contributed by atoms with Gasteiger partial charge in [0.25, 0.3) is 5.91 Å². The fraction of sp³-hybridized carbons (Fsp3) is 0.235. The summed E-state index contributed by atoms with van der Waals surface area (Å²) in [7, 11) is 0. The molecule has 2 N–H and O–H groups in total. The van der Waals surface area contributed by atoms with Crippen LogP contribution in [-0.2, 0) is 9.59 Å². The Morgan fingerprint density at radius 2 is 1.96 bits per heavy atom. The number of carbonyl (C=O) groups excluding carboxylic acids is 2. The van der Waals surface area contributed by atoms with E-state index in [1.165, 1.54) is 6.92 Å². The molecular weight excluding hydrogens is 310 g/mol. The second kappa shape index (κ2) is 7.83. The van der Waals surface area contributed by atoms with Gasteiger partial charge in [0.1, 0.15) is 17.3 Å². The number of hydrogen-bond acceptors (Lipinski definition) is 5. The molecule has 0 aliphatic heterocycles. The second-order valence-corrected chi connectivity index (χ2v) is 5.07. The maximum atomic E-state index is 11.9. The van der Waals surface area contributed by atoms with Crippen molar-refractivity contribution in [2.45, 2.75) is 19.9 Å². The molecule has 7 nitrogen and oxygen atoms in total. The van der Waals surface area contributed by atoms with Crippen LogP contribution in [0.4, 0.5) is 5.69 Å². The zero-order valence-electron chi connectivity index (χ0n) is 13.3. The molecule has 24 heavy (non-hydrogen) atoms. The lowest BCUT2D eigenvalue weighted by atomic mass is 10.2. The molecule has 2 amide bonds. The molecular formula is C17H17N3O4. The summed E-state index contributed by atoms with van der Waals surface area (Å²) in [6.45, 7) is 2.94. The minimum absolute atomic E-state index is 0.168. The monoisotopic (exact) mass is 327 g/mol. The highest BCUT2D eigenvalue weighted by molar-refractivity contribution is 5.88. The van der Waals surface area contributed by atoms with E-state index in [2.05, 4.69) is 10.6 Å². The number of hydrogen-bond donors (Lipinski definition) is 2. The van der Waals surface area contributed by atoms with Crippen molar-refractivity contribution in [1.29, 1.82) is 5.26 Å². The first kappa shape index (κ1) is 17.1. The van der Waals surface area contributed by atoms with Gasteiger partial charge in [0.15, 0.2) is 12.6 Å². The molecule has 2 aromatic rings. The number of rotatable bonds is 6. The van der Waals surface area contributed by atoms with E-state index in [4.69, 9.17) is 14.4 Å². The summed E-state index contributed by atoms with van der Waals surface area (Å²) < 4.78 is 10.7. The molecule has 0 bridgehead atoms. The minimum atomic E-state index is -0.864. The van der Waals surface area contributed by atoms with Gasteiger partial charge in [-0.25, -0.2) is 0 Å². The summed E-state index contributed by atoms with van der Waals surface area (Å²) >= 11 is 0. The smallest absolute Gasteiger partial charge is 0.259 e. The summed E-state index contributed by atoms with van der Waals surface area (Å²) in [4.78, 5) is 22.8. The van der Waals surface area contributed by atoms with Crippen molar-refractivity contribution in [3.63, 3.8) is 0 Å². The fourth-order valence-corrected chi connectivity index (χ4v) is 1.96. The van der Waals surface area contributed by atoms with Gasteiger partial charge in [-0.15, -0.1) is 0 Å². The van der Waals surface area contributed by atoms with Crippen LogP contribution in [0.2, 0.25) is 0 Å². The zero-order chi connectivity index (χ0) is 17.5. The highest BCUT2D eigenvalue weighted by atomic mass is 16.5. The number of ether oxygens (including phenoxy) is 1. The third-order valence-electron chi connectivity index (χ3n) is 3.02. The molecule has 0 radical (unpaired) electrons. The van der Waals surface area contributed by atoms with Gasteiger partial charge < -0.3 is 19.8 Å². The van der Waals surface area contributed by atoms with E-state index in [1.54, 1.807) is 43.3 Å². The molecule has 0 aliphatic rings. The molecule has 0 saturated heterocycles. The predicted octanol–water partition coefficient (Wildman–Crippen LogP) is 2.31. The number of carbonyl (C=O) groups is 2. The lowest BCUT2D eigenvalue weighted by molar-refractivity contribution is -0.123. The van der Waals surface area contributed by atoms with E-state index < -0.39 is 11.9 Å². The Bertz CT molecular complexity index is 759. The first-order valence-electron chi connectivity index (χ1n) is 7.23. The lowest BCUT2D eigenvalue weighted by Gasteiger charge is -2.11. The summed E-state index contributed by atoms with van der Waals surface area (Å²) in [6.07, 6.45) is 0. The average Bonchev–Trinajstić information content (AvgIpc) is 2.97. The molecule has 1 atom stereocenters. The molecule has 0 aliphatic carbocycles. The van der Waals surface area contributed by atoms with E-state index in [0.29, 0.717) is 23.0 Å². The van der Waals surface area contributed by atoms with E-state index in [1.807, 2.05) is 6.07 Å². The largest absolute Gasteiger partial charge is 0.484 e. The summed E-state index contributed by atoms with van der Waals surface area (Å²) in [5, 5.41) is 14.3. The van der Waals surface area contributed by atoms with Crippen molar-refractivity contribution in [2.24, 2.45) is 0 Å². The Hall–Kier alpha value is -3.27. The van der Waals surface area contributed by atoms with Crippen LogP contribution in [-0.4, -0.2) is 18.4 Å². The van der Waals surface area contributed by atoms with Crippen molar-refractivity contribution < 1.29 is 18.7 Å². The van der Waals surface area contributed by atoms with Gasteiger partial charge in [-0.3, -0.25) is 9.59 Å². The summed E-state index contributed by atoms with van der Waals surface area (Å²) in [6, 6.07) is 11.1. The van der Waals surface area contributed by atoms with Crippen molar-refractivity contribution in [3.8, 4) is 11.8 Å². The maximum Gasteiger partial charge on any atom is 0.259 e. The molecule has 0 spiro atoms. The number of anilines is 1. The summed E-state index contributed by atoms with van der Waals surface area (Å²) in [5.41, 5.74) is 0.636. The number of furan rings is 1. The Kier molecular flexibility index (Phi) is 5.58. The predicted molar refractivity (Wildman–Crippen MR) is 86.2 cm³/mol. The highest BCUT2D eigenvalue weighted by Crippen LogP contribution is 2.17. The molecule has 0 saturated carbocycles. The lowest BCUT2D eigenvalue weighted by Crippen LogP contribution is -2.31. The molecule has 1 aromatic carbocycles. The standard InChI is InChI=1S/C17H17N3O4/c1-11-3-8-16(24-11)15(9-18)20-17(22)10-23-14-6-4-13(5-7-14)19-12(2)21/h3-8,15H,10H2,1-2H3,(H,19,21)(H,20,22). The Labute approximate surface area is 139 Å². The first-order valence-corrected chi connectivity index (χ1v) is 7.23. The molecule has 1 unspecified atom stereocenters. The zero-order valence-corrected chi connectivity index (χ0v) is 13.3. The van der Waals surface area contributed by atoms with Gasteiger partial charge in [-0.05, 0) is 43.3 Å². The SMILES string of the molecule is CC(=O)Nc1ccc(OCC(=O)NC(C#N)c2ccc(C)o2)cc1. The van der Waals surface area contributed by atoms with E-state index in [0.717, 1.165) is 0 Å². The average molecular weight is 327 g/mol. The minimum Gasteiger partial charge on any atom is -0.484 e. The highest BCUT2D eigenvalue weighted by Gasteiger charge is 2.17. The van der Waals surface area contributed by atoms with Gasteiger partial charge in [0, 0.05) is 12.6 Å². The molecule has 2 rings (SSSR count). The van der Waals surface area contributed by atoms with Crippen LogP contribution in [0.3, 0.4) is 0 Å². The van der Waals surface area contributed by atoms with Crippen LogP contribution in [0.15, 0.2) is 40.8 Å². The topological polar surface area (TPSA) is 104 Å². The number of aryl methyl sites for hydroxylation is 1. The van der Waals surface area contributed by atoms with Gasteiger partial charge >= 0.3 is 0 Å². The molecule has 7 heteroatoms. The van der Waals surface area contributed by atoms with Crippen LogP contribution in [0.25, 0.3) is 0 Å². The van der Waals surface area contributed by atoms with Crippen molar-refractivity contribution in [2.75, 3.05) is 11.9 Å². The Morgan fingerprint density at radius 3 is 2.50 bits per heavy atom. The van der Waals surface area contributed by atoms with Gasteiger partial charge in [-0.1, -0.05) is 0 Å². The molecule has 1 aromatic heterocycles. The third-order valence-corrected chi connectivity index (χ3v) is 3.02. The number of nitrogens with zero attached hydrogens (tertiary/aromatic N) is 1. The van der Waals surface area contributed by atoms with E-state index in [9.17, 15) is 9.59 Å². The maximum absolute atomic E-state index is 11.9. The second-order valence-electron chi connectivity index (χ2n) is 5.07. The van der Waals surface area contributed by atoms with Crippen LogP contribution in [0.5, 0.6) is 5.75 Å². The quantitative estimate of drug-likeness (QED) is 0.847. The van der Waals surface area contributed by atoms with Crippen LogP contribution in [0.1, 0.15) is 24.5 Å². The number of nitrogens with one attached hydrogen (secondary N) is 2. The molecule has 0 fully saturated rings. The first-order chi connectivity index (χ1) is 11.5. The van der Waals surface area contributed by atoms with Crippen LogP contribution < -0.4 is 15.4 Å². The van der Waals surface area contributed by atoms with E-state index >= 15 is 0 Å². The number of amides is 2. The van der Waals surface area contributed by atoms with Gasteiger partial charge in [0.05, 0.1) is 6.07 Å². The number of benzene rings is 1. The van der Waals surface area contributed by atoms with Crippen molar-refractivity contribution in [3.05, 3.63) is 47.9 Å². The molecule has 1 heterocycles. The normalized spacial score (nSPS) is 11.2. The summed E-state index contributed by atoms with van der Waals surface area (Å²) in [5.74, 6) is 0.903. The van der Waals surface area contributed by atoms with Crippen molar-refractivity contribution in [1.82, 2.24) is 5.32 Å². The van der Waals surface area contributed by atoms with Gasteiger partial charge in [0.2, 0.25) is 5.91 Å². The van der Waals surface area contributed by atoms with E-state index in [-0.39, 0.29) is 12.5 Å².